The van der Waals surface area contributed by atoms with Gasteiger partial charge in [0.05, 0.1) is 55.1 Å². The van der Waals surface area contributed by atoms with Gasteiger partial charge >= 0.3 is 0 Å². The van der Waals surface area contributed by atoms with E-state index < -0.39 is 0 Å². The third-order valence-corrected chi connectivity index (χ3v) is 8.28. The van der Waals surface area contributed by atoms with Gasteiger partial charge < -0.3 is 28.1 Å². The van der Waals surface area contributed by atoms with Crippen LogP contribution >= 0.6 is 54.0 Å². The standard InChI is InChI=1S/C9H14N2O.C8H12N2O2.C8H12N2O.C6H10N2O.CH4.4H2S/c1-11-6-3-2-4-8(11)9-10-5-7-12-9;1-10-5-6(11)4-7(10)8-9-2-3-12-8;1-10-5-2-3-7(10)8-9-4-6-11-8;1-5(7-2)6-8-3-4-9-6;;;;;/h5,7-8H,2-4,6H2,1H3;2-3,6-7,11H,4-5H2,1H3;4,6-7H,2-3,5H2,1H3;3-5,7H,1-2H3;1H4;4*1H2/t8-;6-,7+;7-;5-;;;;;/m0100...../s1. The molecule has 5 atom stereocenters. The molecule has 3 fully saturated rings. The Morgan fingerprint density at radius 3 is 1.47 bits per heavy atom. The highest BCUT2D eigenvalue weighted by Crippen LogP contribution is 2.30. The lowest BCUT2D eigenvalue weighted by Crippen LogP contribution is -2.29. The van der Waals surface area contributed by atoms with E-state index in [-0.39, 0.29) is 79.6 Å². The van der Waals surface area contributed by atoms with Gasteiger partial charge in [-0.25, -0.2) is 19.9 Å². The molecule has 0 aliphatic carbocycles. The van der Waals surface area contributed by atoms with Crippen LogP contribution in [-0.2, 0) is 0 Å². The molecule has 0 bridgehead atoms. The summed E-state index contributed by atoms with van der Waals surface area (Å²) in [6, 6.07) is 1.19. The van der Waals surface area contributed by atoms with Crippen molar-refractivity contribution < 1.29 is 22.8 Å². The number of β-amino-alcohol motifs (C(OH)–C–C–N with tert-alkyl or cyclic N) is 1. The summed E-state index contributed by atoms with van der Waals surface area (Å²) in [7, 11) is 8.08. The molecule has 0 spiro atoms. The first-order chi connectivity index (χ1) is 21.4. The zero-order chi connectivity index (χ0) is 31.3. The molecule has 3 saturated heterocycles. The predicted octanol–water partition coefficient (Wildman–Crippen LogP) is 5.73. The lowest BCUT2D eigenvalue weighted by atomic mass is 10.0. The average Bonchev–Trinajstić information content (AvgIpc) is 3.87. The topological polar surface area (TPSA) is 146 Å². The van der Waals surface area contributed by atoms with Crippen LogP contribution < -0.4 is 5.32 Å². The largest absolute Gasteiger partial charge is 0.447 e. The van der Waals surface area contributed by atoms with Gasteiger partial charge in [0.15, 0.2) is 0 Å². The number of nitrogens with zero attached hydrogens (tertiary/aromatic N) is 7. The molecule has 49 heavy (non-hydrogen) atoms. The molecule has 0 saturated carbocycles. The van der Waals surface area contributed by atoms with Crippen LogP contribution in [-0.4, -0.2) is 93.7 Å². The van der Waals surface area contributed by atoms with Crippen LogP contribution in [0.5, 0.6) is 0 Å². The van der Waals surface area contributed by atoms with Crippen molar-refractivity contribution in [2.45, 2.75) is 83.1 Å². The van der Waals surface area contributed by atoms with Gasteiger partial charge in [0.25, 0.3) is 0 Å². The molecule has 3 aliphatic rings. The Hall–Kier alpha value is -1.96. The number of piperidine rings is 1. The lowest BCUT2D eigenvalue weighted by molar-refractivity contribution is 0.159. The number of oxazole rings is 4. The van der Waals surface area contributed by atoms with Gasteiger partial charge in [-0.3, -0.25) is 14.7 Å². The van der Waals surface area contributed by atoms with Crippen LogP contribution in [0.3, 0.4) is 0 Å². The fourth-order valence-corrected chi connectivity index (χ4v) is 5.64. The quantitative estimate of drug-likeness (QED) is 0.256. The number of likely N-dealkylation sites (tertiary alicyclic amines) is 3. The number of nitrogens with one attached hydrogen (secondary N) is 1. The smallest absolute Gasteiger partial charge is 0.211 e. The first-order valence-electron chi connectivity index (χ1n) is 15.4. The Morgan fingerprint density at radius 1 is 0.673 bits per heavy atom. The number of aliphatic hydroxyl groups is 1. The van der Waals surface area contributed by atoms with Gasteiger partial charge in [-0.05, 0) is 80.3 Å². The van der Waals surface area contributed by atoms with Crippen molar-refractivity contribution in [3.05, 3.63) is 73.4 Å². The summed E-state index contributed by atoms with van der Waals surface area (Å²) in [5.41, 5.74) is 0. The molecule has 3 aliphatic heterocycles. The molecule has 0 radical (unpaired) electrons. The second kappa shape index (κ2) is 25.9. The summed E-state index contributed by atoms with van der Waals surface area (Å²) in [5, 5.41) is 12.4. The summed E-state index contributed by atoms with van der Waals surface area (Å²) in [5.74, 6) is 3.17. The summed E-state index contributed by atoms with van der Waals surface area (Å²) in [4.78, 5) is 23.0. The average molecular weight is 765 g/mol. The molecule has 17 heteroatoms. The van der Waals surface area contributed by atoms with Crippen LogP contribution in [0.25, 0.3) is 0 Å². The molecule has 0 aromatic carbocycles. The Balaban J connectivity index is 0. The second-order valence-electron chi connectivity index (χ2n) is 11.5. The van der Waals surface area contributed by atoms with E-state index in [0.29, 0.717) is 24.5 Å². The fraction of sp³-hybridized carbons (Fsp3) is 0.625. The number of rotatable bonds is 5. The van der Waals surface area contributed by atoms with Crippen LogP contribution in [0, 0.1) is 0 Å². The van der Waals surface area contributed by atoms with Gasteiger partial charge in [0.1, 0.15) is 25.1 Å². The van der Waals surface area contributed by atoms with Crippen molar-refractivity contribution in [3.63, 3.8) is 0 Å². The van der Waals surface area contributed by atoms with E-state index in [1.54, 1.807) is 49.8 Å². The highest BCUT2D eigenvalue weighted by molar-refractivity contribution is 7.59. The van der Waals surface area contributed by atoms with Crippen LogP contribution in [0.15, 0.2) is 67.5 Å². The van der Waals surface area contributed by atoms with E-state index >= 15 is 0 Å². The molecular weight excluding hydrogens is 705 g/mol. The van der Waals surface area contributed by atoms with Crippen molar-refractivity contribution in [3.8, 4) is 0 Å². The molecule has 2 N–H and O–H groups in total. The Labute approximate surface area is 319 Å². The van der Waals surface area contributed by atoms with Crippen molar-refractivity contribution in [1.82, 2.24) is 40.0 Å². The van der Waals surface area contributed by atoms with Gasteiger partial charge in [-0.2, -0.15) is 54.0 Å². The highest BCUT2D eigenvalue weighted by Gasteiger charge is 2.32. The van der Waals surface area contributed by atoms with Crippen molar-refractivity contribution in [1.29, 1.82) is 0 Å². The molecular formula is C32H60N8O5S4. The third-order valence-electron chi connectivity index (χ3n) is 8.28. The number of aliphatic hydroxyl groups excluding tert-OH is 1. The zero-order valence-corrected chi connectivity index (χ0v) is 32.6. The minimum absolute atomic E-state index is 0. The van der Waals surface area contributed by atoms with Gasteiger partial charge in [0, 0.05) is 6.54 Å². The van der Waals surface area contributed by atoms with Gasteiger partial charge in [-0.1, -0.05) is 13.8 Å². The second-order valence-corrected chi connectivity index (χ2v) is 11.5. The molecule has 13 nitrogen and oxygen atoms in total. The van der Waals surface area contributed by atoms with Crippen molar-refractivity contribution in [2.75, 3.05) is 47.8 Å². The molecule has 7 rings (SSSR count). The normalized spacial score (nSPS) is 22.3. The van der Waals surface area contributed by atoms with E-state index in [9.17, 15) is 5.11 Å². The molecule has 7 heterocycles. The van der Waals surface area contributed by atoms with Crippen LogP contribution in [0.1, 0.15) is 101 Å². The molecule has 0 amide bonds. The first kappa shape index (κ1) is 49.2. The van der Waals surface area contributed by atoms with E-state index in [0.717, 1.165) is 37.2 Å². The summed E-state index contributed by atoms with van der Waals surface area (Å²) in [6.45, 7) is 5.01. The highest BCUT2D eigenvalue weighted by atomic mass is 32.1. The lowest BCUT2D eigenvalue weighted by Gasteiger charge is -2.29. The Bertz CT molecular complexity index is 1240. The summed E-state index contributed by atoms with van der Waals surface area (Å²) >= 11 is 0. The molecule has 4 aromatic rings. The van der Waals surface area contributed by atoms with Crippen LogP contribution in [0.4, 0.5) is 0 Å². The number of hydrogen-bond acceptors (Lipinski definition) is 13. The monoisotopic (exact) mass is 764 g/mol. The maximum Gasteiger partial charge on any atom is 0.211 e. The third kappa shape index (κ3) is 15.0. The Kier molecular flexibility index (Phi) is 26.0. The van der Waals surface area contributed by atoms with Crippen LogP contribution in [0.2, 0.25) is 0 Å². The number of hydrogen-bond donors (Lipinski definition) is 2. The fourth-order valence-electron chi connectivity index (χ4n) is 5.64. The zero-order valence-electron chi connectivity index (χ0n) is 28.6. The maximum atomic E-state index is 9.36. The van der Waals surface area contributed by atoms with Gasteiger partial charge in [-0.15, -0.1) is 0 Å². The summed E-state index contributed by atoms with van der Waals surface area (Å²) < 4.78 is 20.7. The maximum absolute atomic E-state index is 9.36. The molecule has 282 valence electrons. The van der Waals surface area contributed by atoms with Crippen molar-refractivity contribution in [2.24, 2.45) is 0 Å². The van der Waals surface area contributed by atoms with Crippen molar-refractivity contribution >= 4 is 54.0 Å². The number of likely N-dealkylation sites (N-methyl/N-ethyl adjacent to an activating group) is 1. The number of aromatic nitrogens is 4. The molecule has 0 unspecified atom stereocenters. The van der Waals surface area contributed by atoms with Gasteiger partial charge in [0.2, 0.25) is 23.6 Å². The predicted molar refractivity (Wildman–Crippen MR) is 212 cm³/mol. The molecule has 4 aromatic heterocycles. The van der Waals surface area contributed by atoms with E-state index in [1.165, 1.54) is 32.1 Å². The minimum Gasteiger partial charge on any atom is -0.447 e. The minimum atomic E-state index is -0.244. The summed E-state index contributed by atoms with van der Waals surface area (Å²) in [6.07, 6.45) is 19.8. The van der Waals surface area contributed by atoms with E-state index in [1.807, 2.05) is 21.0 Å². The van der Waals surface area contributed by atoms with E-state index in [4.69, 9.17) is 17.7 Å². The van der Waals surface area contributed by atoms with E-state index in [2.05, 4.69) is 54.0 Å². The first-order valence-corrected chi connectivity index (χ1v) is 15.4. The SMILES string of the molecule is C.CN1CCCC[C@H]1c1ncco1.CN1CCC[C@H]1c1ncco1.CN1C[C@H](O)C[C@H]1c1ncco1.CN[C@@H](C)c1ncco1.S.S.S.S. The Morgan fingerprint density at radius 2 is 1.12 bits per heavy atom.